The molecule has 1 aromatic rings. The van der Waals surface area contributed by atoms with Gasteiger partial charge in [-0.15, -0.1) is 0 Å². The molecule has 0 saturated carbocycles. The third kappa shape index (κ3) is 4.84. The summed E-state index contributed by atoms with van der Waals surface area (Å²) < 4.78 is 37.7. The highest BCUT2D eigenvalue weighted by atomic mass is 19.4. The first-order chi connectivity index (χ1) is 8.80. The van der Waals surface area contributed by atoms with E-state index in [1.807, 2.05) is 5.32 Å². The summed E-state index contributed by atoms with van der Waals surface area (Å²) in [5, 5.41) is 10.1. The fraction of sp³-hybridized carbons (Fsp3) is 0.200. The van der Waals surface area contributed by atoms with Gasteiger partial charge in [0.05, 0.1) is 11.3 Å². The van der Waals surface area contributed by atoms with Crippen LogP contribution in [0, 0.1) is 0 Å². The van der Waals surface area contributed by atoms with Gasteiger partial charge in [0.15, 0.2) is 6.61 Å². The number of carbonyl (C=O) groups is 2. The Morgan fingerprint density at radius 1 is 1.26 bits per heavy atom. The minimum absolute atomic E-state index is 0.466. The number of benzene rings is 1. The Hall–Kier alpha value is -2.29. The Balaban J connectivity index is 2.67. The second-order valence-corrected chi connectivity index (χ2v) is 3.28. The number of halogens is 3. The maximum atomic E-state index is 12.6. The average molecular weight is 278 g/mol. The third-order valence-corrected chi connectivity index (χ3v) is 1.84. The van der Waals surface area contributed by atoms with Gasteiger partial charge in [-0.25, -0.2) is 15.1 Å². The van der Waals surface area contributed by atoms with Gasteiger partial charge in [-0.05, 0) is 12.1 Å². The van der Waals surface area contributed by atoms with Gasteiger partial charge in [-0.1, -0.05) is 12.1 Å². The molecule has 2 amide bonds. The molecule has 0 heterocycles. The predicted molar refractivity (Wildman–Crippen MR) is 57.2 cm³/mol. The highest BCUT2D eigenvalue weighted by Gasteiger charge is 2.33. The van der Waals surface area contributed by atoms with Crippen LogP contribution in [0.1, 0.15) is 5.56 Å². The molecule has 104 valence electrons. The molecule has 0 unspecified atom stereocenters. The molecule has 0 bridgehead atoms. The average Bonchev–Trinajstić information content (AvgIpc) is 2.27. The molecule has 0 aromatic heterocycles. The minimum atomic E-state index is -4.62. The summed E-state index contributed by atoms with van der Waals surface area (Å²) in [5.74, 6) is -1.34. The van der Waals surface area contributed by atoms with Crippen molar-refractivity contribution < 1.29 is 32.7 Å². The van der Waals surface area contributed by atoms with Crippen LogP contribution in [0.3, 0.4) is 0 Å². The monoisotopic (exact) mass is 278 g/mol. The van der Waals surface area contributed by atoms with Crippen LogP contribution in [0.5, 0.6) is 0 Å². The first-order valence-electron chi connectivity index (χ1n) is 4.87. The fourth-order valence-electron chi connectivity index (χ4n) is 1.15. The van der Waals surface area contributed by atoms with E-state index in [9.17, 15) is 22.8 Å². The smallest absolute Gasteiger partial charge is 0.418 e. The van der Waals surface area contributed by atoms with Crippen molar-refractivity contribution in [3.05, 3.63) is 29.8 Å². The van der Waals surface area contributed by atoms with Crippen molar-refractivity contribution in [1.29, 1.82) is 0 Å². The standard InChI is InChI=1S/C10H9F3N2O4/c11-10(12,13)6-3-1-2-4-7(6)14-9(18)15-19-5-8(16)17/h1-4H,5H2,(H,16,17)(H2,14,15,18). The van der Waals surface area contributed by atoms with Crippen LogP contribution in [-0.4, -0.2) is 23.7 Å². The van der Waals surface area contributed by atoms with Gasteiger partial charge in [0.25, 0.3) is 0 Å². The number of hydrogen-bond acceptors (Lipinski definition) is 3. The van der Waals surface area contributed by atoms with Crippen LogP contribution in [0.4, 0.5) is 23.7 Å². The SMILES string of the molecule is O=C(O)CONC(=O)Nc1ccccc1C(F)(F)F. The molecule has 0 spiro atoms. The maximum absolute atomic E-state index is 12.6. The zero-order valence-electron chi connectivity index (χ0n) is 9.32. The van der Waals surface area contributed by atoms with Crippen LogP contribution >= 0.6 is 0 Å². The number of amides is 2. The first-order valence-corrected chi connectivity index (χ1v) is 4.87. The van der Waals surface area contributed by atoms with Gasteiger partial charge in [-0.2, -0.15) is 13.2 Å². The van der Waals surface area contributed by atoms with Crippen molar-refractivity contribution in [2.45, 2.75) is 6.18 Å². The van der Waals surface area contributed by atoms with Crippen LogP contribution in [-0.2, 0) is 15.8 Å². The molecule has 0 radical (unpaired) electrons. The molecule has 1 aromatic carbocycles. The molecule has 9 heteroatoms. The Labute approximate surface area is 105 Å². The van der Waals surface area contributed by atoms with E-state index in [1.54, 1.807) is 5.48 Å². The minimum Gasteiger partial charge on any atom is -0.479 e. The van der Waals surface area contributed by atoms with Gasteiger partial charge >= 0.3 is 18.2 Å². The second kappa shape index (κ2) is 6.05. The zero-order valence-corrected chi connectivity index (χ0v) is 9.32. The lowest BCUT2D eigenvalue weighted by molar-refractivity contribution is -0.144. The van der Waals surface area contributed by atoms with Crippen molar-refractivity contribution >= 4 is 17.7 Å². The summed E-state index contributed by atoms with van der Waals surface area (Å²) in [7, 11) is 0. The molecule has 1 rings (SSSR count). The Morgan fingerprint density at radius 3 is 2.47 bits per heavy atom. The number of carbonyl (C=O) groups excluding carboxylic acids is 1. The van der Waals surface area contributed by atoms with Crippen LogP contribution in [0.15, 0.2) is 24.3 Å². The quantitative estimate of drug-likeness (QED) is 0.733. The number of aliphatic carboxylic acids is 1. The molecule has 0 aliphatic rings. The number of alkyl halides is 3. The van der Waals surface area contributed by atoms with Crippen LogP contribution in [0.2, 0.25) is 0 Å². The first kappa shape index (κ1) is 14.8. The fourth-order valence-corrected chi connectivity index (χ4v) is 1.15. The van der Waals surface area contributed by atoms with Crippen molar-refractivity contribution in [3.8, 4) is 0 Å². The molecular formula is C10H9F3N2O4. The van der Waals surface area contributed by atoms with Crippen molar-refractivity contribution in [2.24, 2.45) is 0 Å². The second-order valence-electron chi connectivity index (χ2n) is 3.28. The molecular weight excluding hydrogens is 269 g/mol. The topological polar surface area (TPSA) is 87.7 Å². The van der Waals surface area contributed by atoms with Crippen molar-refractivity contribution in [1.82, 2.24) is 5.48 Å². The number of urea groups is 1. The number of para-hydroxylation sites is 1. The van der Waals surface area contributed by atoms with Gasteiger partial charge in [0, 0.05) is 0 Å². The molecule has 0 fully saturated rings. The van der Waals surface area contributed by atoms with Crippen LogP contribution in [0.25, 0.3) is 0 Å². The molecule has 0 saturated heterocycles. The summed E-state index contributed by atoms with van der Waals surface area (Å²) in [6.07, 6.45) is -4.62. The lowest BCUT2D eigenvalue weighted by atomic mass is 10.2. The molecule has 3 N–H and O–H groups in total. The van der Waals surface area contributed by atoms with E-state index in [-0.39, 0.29) is 0 Å². The van der Waals surface area contributed by atoms with Gasteiger partial charge in [0.1, 0.15) is 0 Å². The highest BCUT2D eigenvalue weighted by molar-refractivity contribution is 5.89. The van der Waals surface area contributed by atoms with E-state index in [1.165, 1.54) is 12.1 Å². The number of hydroxylamine groups is 1. The number of hydrogen-bond donors (Lipinski definition) is 3. The number of carboxylic acids is 1. The lowest BCUT2D eigenvalue weighted by Crippen LogP contribution is -2.31. The lowest BCUT2D eigenvalue weighted by Gasteiger charge is -2.13. The molecule has 19 heavy (non-hydrogen) atoms. The Morgan fingerprint density at radius 2 is 1.89 bits per heavy atom. The van der Waals surface area contributed by atoms with E-state index in [0.717, 1.165) is 12.1 Å². The Kier molecular flexibility index (Phi) is 4.70. The number of carboxylic acid groups (broad SMARTS) is 1. The Bertz CT molecular complexity index is 476. The van der Waals surface area contributed by atoms with E-state index in [2.05, 4.69) is 4.84 Å². The van der Waals surface area contributed by atoms with Crippen molar-refractivity contribution in [2.75, 3.05) is 11.9 Å². The number of rotatable bonds is 4. The van der Waals surface area contributed by atoms with E-state index in [0.29, 0.717) is 0 Å². The van der Waals surface area contributed by atoms with Crippen molar-refractivity contribution in [3.63, 3.8) is 0 Å². The summed E-state index contributed by atoms with van der Waals surface area (Å²) in [6, 6.07) is 3.22. The molecule has 6 nitrogen and oxygen atoms in total. The van der Waals surface area contributed by atoms with E-state index in [4.69, 9.17) is 5.11 Å². The third-order valence-electron chi connectivity index (χ3n) is 1.84. The predicted octanol–water partition coefficient (Wildman–Crippen LogP) is 1.84. The van der Waals surface area contributed by atoms with E-state index >= 15 is 0 Å². The van der Waals surface area contributed by atoms with E-state index < -0.39 is 36.0 Å². The molecule has 0 atom stereocenters. The maximum Gasteiger partial charge on any atom is 0.418 e. The summed E-state index contributed by atoms with van der Waals surface area (Å²) in [4.78, 5) is 25.5. The van der Waals surface area contributed by atoms with Crippen LogP contribution < -0.4 is 10.8 Å². The number of anilines is 1. The zero-order chi connectivity index (χ0) is 14.5. The van der Waals surface area contributed by atoms with Gasteiger partial charge in [-0.3, -0.25) is 4.84 Å². The molecule has 0 aliphatic carbocycles. The molecule has 0 aliphatic heterocycles. The summed E-state index contributed by atoms with van der Waals surface area (Å²) >= 11 is 0. The van der Waals surface area contributed by atoms with Gasteiger partial charge in [0.2, 0.25) is 0 Å². The largest absolute Gasteiger partial charge is 0.479 e. The highest BCUT2D eigenvalue weighted by Crippen LogP contribution is 2.34. The summed E-state index contributed by atoms with van der Waals surface area (Å²) in [6.45, 7) is -0.811. The van der Waals surface area contributed by atoms with Gasteiger partial charge < -0.3 is 10.4 Å². The normalized spacial score (nSPS) is 10.9. The summed E-state index contributed by atoms with van der Waals surface area (Å²) in [5.41, 5.74) is 0.152. The number of nitrogens with one attached hydrogen (secondary N) is 2.